The Morgan fingerprint density at radius 3 is 2.78 bits per heavy atom. The summed E-state index contributed by atoms with van der Waals surface area (Å²) in [5, 5.41) is 2.72. The molecule has 0 spiro atoms. The first-order valence-corrected chi connectivity index (χ1v) is 9.27. The summed E-state index contributed by atoms with van der Waals surface area (Å²) in [5.41, 5.74) is 0.813. The average Bonchev–Trinajstić information content (AvgIpc) is 2.62. The molecule has 8 heteroatoms. The minimum atomic E-state index is -0.602. The van der Waals surface area contributed by atoms with E-state index in [0.717, 1.165) is 37.7 Å². The van der Waals surface area contributed by atoms with E-state index < -0.39 is 11.7 Å². The van der Waals surface area contributed by atoms with Crippen molar-refractivity contribution in [3.8, 4) is 5.88 Å². The Hall–Kier alpha value is -2.41. The van der Waals surface area contributed by atoms with E-state index in [2.05, 4.69) is 27.1 Å². The van der Waals surface area contributed by atoms with Crippen LogP contribution in [-0.2, 0) is 4.79 Å². The fraction of sp³-hybridized carbons (Fsp3) is 0.421. The molecule has 6 nitrogen and oxygen atoms in total. The van der Waals surface area contributed by atoms with Gasteiger partial charge in [-0.2, -0.15) is 4.98 Å². The molecule has 2 heterocycles. The lowest BCUT2D eigenvalue weighted by Crippen LogP contribution is -2.34. The van der Waals surface area contributed by atoms with Gasteiger partial charge in [0.2, 0.25) is 11.8 Å². The summed E-state index contributed by atoms with van der Waals surface area (Å²) in [4.78, 5) is 23.0. The van der Waals surface area contributed by atoms with E-state index in [0.29, 0.717) is 17.7 Å². The third-order valence-electron chi connectivity index (χ3n) is 4.44. The second-order valence-corrected chi connectivity index (χ2v) is 7.21. The molecule has 144 valence electrons. The van der Waals surface area contributed by atoms with Crippen molar-refractivity contribution in [1.29, 1.82) is 0 Å². The van der Waals surface area contributed by atoms with Crippen molar-refractivity contribution in [2.45, 2.75) is 26.7 Å². The van der Waals surface area contributed by atoms with Gasteiger partial charge in [0, 0.05) is 29.9 Å². The minimum absolute atomic E-state index is 0.0509. The molecule has 1 aliphatic rings. The number of rotatable bonds is 5. The van der Waals surface area contributed by atoms with Crippen molar-refractivity contribution >= 4 is 29.1 Å². The van der Waals surface area contributed by atoms with E-state index in [4.69, 9.17) is 16.3 Å². The maximum absolute atomic E-state index is 13.7. The molecule has 2 aromatic rings. The third kappa shape index (κ3) is 5.29. The first-order chi connectivity index (χ1) is 12.9. The number of carbonyl (C=O) groups excluding carboxylic acids is 1. The first-order valence-electron chi connectivity index (χ1n) is 8.89. The zero-order chi connectivity index (χ0) is 19.4. The molecule has 0 radical (unpaired) electrons. The van der Waals surface area contributed by atoms with Gasteiger partial charge in [-0.15, -0.1) is 0 Å². The summed E-state index contributed by atoms with van der Waals surface area (Å²) in [7, 11) is 0. The number of piperidine rings is 1. The van der Waals surface area contributed by atoms with Gasteiger partial charge in [-0.3, -0.25) is 4.79 Å². The van der Waals surface area contributed by atoms with Crippen LogP contribution in [0.2, 0.25) is 5.02 Å². The molecule has 1 amide bonds. The van der Waals surface area contributed by atoms with Gasteiger partial charge in [0.25, 0.3) is 5.91 Å². The highest BCUT2D eigenvalue weighted by Crippen LogP contribution is 2.22. The minimum Gasteiger partial charge on any atom is -0.467 e. The van der Waals surface area contributed by atoms with Crippen LogP contribution in [0, 0.1) is 18.7 Å². The van der Waals surface area contributed by atoms with Crippen LogP contribution < -0.4 is 15.0 Å². The Kier molecular flexibility index (Phi) is 6.11. The first kappa shape index (κ1) is 19.4. The van der Waals surface area contributed by atoms with E-state index in [9.17, 15) is 9.18 Å². The van der Waals surface area contributed by atoms with Gasteiger partial charge in [-0.1, -0.05) is 18.5 Å². The molecule has 1 aliphatic heterocycles. The monoisotopic (exact) mass is 392 g/mol. The molecule has 0 saturated carbocycles. The Morgan fingerprint density at radius 1 is 1.33 bits per heavy atom. The molecule has 1 N–H and O–H groups in total. The van der Waals surface area contributed by atoms with E-state index >= 15 is 0 Å². The molecular weight excluding hydrogens is 371 g/mol. The summed E-state index contributed by atoms with van der Waals surface area (Å²) in [6.45, 7) is 5.62. The molecular formula is C19H22ClFN4O2. The number of halogens is 2. The number of carbonyl (C=O) groups is 1. The Labute approximate surface area is 162 Å². The van der Waals surface area contributed by atoms with Gasteiger partial charge in [-0.05, 0) is 43.9 Å². The predicted octanol–water partition coefficient (Wildman–Crippen LogP) is 3.83. The number of nitrogens with one attached hydrogen (secondary N) is 1. The molecule has 1 aromatic heterocycles. The summed E-state index contributed by atoms with van der Waals surface area (Å²) < 4.78 is 19.2. The predicted molar refractivity (Wildman–Crippen MR) is 103 cm³/mol. The normalized spacial score (nSPS) is 14.9. The van der Waals surface area contributed by atoms with Crippen molar-refractivity contribution in [3.63, 3.8) is 0 Å². The van der Waals surface area contributed by atoms with Crippen LogP contribution in [0.5, 0.6) is 5.88 Å². The quantitative estimate of drug-likeness (QED) is 0.837. The number of hydrogen-bond donors (Lipinski definition) is 1. The van der Waals surface area contributed by atoms with E-state index in [1.807, 2.05) is 6.92 Å². The van der Waals surface area contributed by atoms with Crippen LogP contribution >= 0.6 is 11.6 Å². The molecule has 3 rings (SSSR count). The van der Waals surface area contributed by atoms with Crippen molar-refractivity contribution in [2.75, 3.05) is 29.9 Å². The maximum Gasteiger partial charge on any atom is 0.262 e. The van der Waals surface area contributed by atoms with E-state index in [1.54, 1.807) is 6.07 Å². The Bertz CT molecular complexity index is 825. The van der Waals surface area contributed by atoms with Crippen LogP contribution in [0.1, 0.15) is 25.5 Å². The molecule has 1 aromatic carbocycles. The maximum atomic E-state index is 13.7. The van der Waals surface area contributed by atoms with Gasteiger partial charge in [0.1, 0.15) is 5.82 Å². The van der Waals surface area contributed by atoms with Crippen molar-refractivity contribution in [1.82, 2.24) is 9.97 Å². The van der Waals surface area contributed by atoms with E-state index in [1.165, 1.54) is 12.1 Å². The standard InChI is InChI=1S/C19H22ClFN4O2/c1-12-5-7-25(8-6-12)19-22-13(2)9-18(24-19)27-11-17(26)23-16-4-3-14(20)10-15(16)21/h3-4,9-10,12H,5-8,11H2,1-2H3,(H,23,26). The molecule has 0 atom stereocenters. The number of benzene rings is 1. The number of ether oxygens (including phenoxy) is 1. The highest BCUT2D eigenvalue weighted by atomic mass is 35.5. The topological polar surface area (TPSA) is 67.3 Å². The second-order valence-electron chi connectivity index (χ2n) is 6.78. The van der Waals surface area contributed by atoms with Gasteiger partial charge in [-0.25, -0.2) is 9.37 Å². The number of hydrogen-bond acceptors (Lipinski definition) is 5. The zero-order valence-electron chi connectivity index (χ0n) is 15.3. The summed E-state index contributed by atoms with van der Waals surface area (Å²) in [6.07, 6.45) is 2.20. The SMILES string of the molecule is Cc1cc(OCC(=O)Nc2ccc(Cl)cc2F)nc(N2CCC(C)CC2)n1. The van der Waals surface area contributed by atoms with Crippen LogP contribution in [0.15, 0.2) is 24.3 Å². The Balaban J connectivity index is 1.61. The lowest BCUT2D eigenvalue weighted by Gasteiger charge is -2.30. The summed E-state index contributed by atoms with van der Waals surface area (Å²) >= 11 is 5.70. The third-order valence-corrected chi connectivity index (χ3v) is 4.68. The number of nitrogens with zero attached hydrogens (tertiary/aromatic N) is 3. The van der Waals surface area contributed by atoms with E-state index in [-0.39, 0.29) is 17.3 Å². The molecule has 0 bridgehead atoms. The number of aromatic nitrogens is 2. The van der Waals surface area contributed by atoms with Gasteiger partial charge in [0.15, 0.2) is 6.61 Å². The largest absolute Gasteiger partial charge is 0.467 e. The summed E-state index contributed by atoms with van der Waals surface area (Å²) in [6, 6.07) is 5.71. The van der Waals surface area contributed by atoms with Crippen LogP contribution in [0.3, 0.4) is 0 Å². The lowest BCUT2D eigenvalue weighted by atomic mass is 10.00. The van der Waals surface area contributed by atoms with Gasteiger partial charge < -0.3 is 15.0 Å². The smallest absolute Gasteiger partial charge is 0.262 e. The number of aryl methyl sites for hydroxylation is 1. The molecule has 1 saturated heterocycles. The molecule has 0 aliphatic carbocycles. The Morgan fingerprint density at radius 2 is 2.07 bits per heavy atom. The molecule has 1 fully saturated rings. The number of anilines is 2. The van der Waals surface area contributed by atoms with Gasteiger partial charge >= 0.3 is 0 Å². The summed E-state index contributed by atoms with van der Waals surface area (Å²) in [5.74, 6) is 0.554. The fourth-order valence-corrected chi connectivity index (χ4v) is 3.02. The fourth-order valence-electron chi connectivity index (χ4n) is 2.87. The molecule has 0 unspecified atom stereocenters. The van der Waals surface area contributed by atoms with Crippen LogP contribution in [-0.4, -0.2) is 35.6 Å². The molecule has 27 heavy (non-hydrogen) atoms. The van der Waals surface area contributed by atoms with Crippen molar-refractivity contribution < 1.29 is 13.9 Å². The highest BCUT2D eigenvalue weighted by Gasteiger charge is 2.19. The number of amides is 1. The van der Waals surface area contributed by atoms with Crippen molar-refractivity contribution in [3.05, 3.63) is 40.8 Å². The van der Waals surface area contributed by atoms with Crippen LogP contribution in [0.25, 0.3) is 0 Å². The average molecular weight is 393 g/mol. The van der Waals surface area contributed by atoms with Crippen LogP contribution in [0.4, 0.5) is 16.0 Å². The van der Waals surface area contributed by atoms with Crippen molar-refractivity contribution in [2.24, 2.45) is 5.92 Å². The zero-order valence-corrected chi connectivity index (χ0v) is 16.1. The highest BCUT2D eigenvalue weighted by molar-refractivity contribution is 6.30. The lowest BCUT2D eigenvalue weighted by molar-refractivity contribution is -0.118. The second kappa shape index (κ2) is 8.52. The van der Waals surface area contributed by atoms with Gasteiger partial charge in [0.05, 0.1) is 5.69 Å².